The molecule has 0 aliphatic heterocycles. The number of rotatable bonds is 8. The third-order valence-electron chi connectivity index (χ3n) is 4.86. The molecule has 0 unspecified atom stereocenters. The average molecular weight is 472 g/mol. The number of nitrogens with zero attached hydrogens (tertiary/aromatic N) is 3. The molecule has 0 saturated heterocycles. The lowest BCUT2D eigenvalue weighted by Gasteiger charge is -2.15. The molecule has 2 aromatic carbocycles. The Bertz CT molecular complexity index is 1130. The Balaban J connectivity index is 1.62. The van der Waals surface area contributed by atoms with Crippen LogP contribution in [0.5, 0.6) is 0 Å². The minimum Gasteiger partial charge on any atom is -0.342 e. The number of aromatic nitrogens is 3. The molecule has 0 saturated carbocycles. The van der Waals surface area contributed by atoms with Crippen molar-refractivity contribution in [3.8, 4) is 0 Å². The van der Waals surface area contributed by atoms with Gasteiger partial charge in [0, 0.05) is 22.8 Å². The molecule has 0 aliphatic rings. The van der Waals surface area contributed by atoms with Gasteiger partial charge < -0.3 is 15.2 Å². The summed E-state index contributed by atoms with van der Waals surface area (Å²) >= 11 is 7.41. The highest BCUT2D eigenvalue weighted by atomic mass is 35.5. The number of carbonyl (C=O) groups is 2. The van der Waals surface area contributed by atoms with Gasteiger partial charge in [-0.3, -0.25) is 9.59 Å². The molecule has 0 radical (unpaired) electrons. The van der Waals surface area contributed by atoms with Crippen molar-refractivity contribution in [3.05, 3.63) is 70.0 Å². The van der Waals surface area contributed by atoms with Gasteiger partial charge in [-0.15, -0.1) is 10.2 Å². The van der Waals surface area contributed by atoms with E-state index in [0.717, 1.165) is 11.1 Å². The largest absolute Gasteiger partial charge is 0.342 e. The first-order valence-electron chi connectivity index (χ1n) is 10.3. The molecule has 0 aliphatic carbocycles. The molecule has 32 heavy (non-hydrogen) atoms. The van der Waals surface area contributed by atoms with Crippen molar-refractivity contribution < 1.29 is 9.59 Å². The van der Waals surface area contributed by atoms with Crippen molar-refractivity contribution in [2.24, 2.45) is 0 Å². The number of benzene rings is 2. The first kappa shape index (κ1) is 23.8. The van der Waals surface area contributed by atoms with Crippen LogP contribution in [0.1, 0.15) is 47.2 Å². The molecule has 9 heteroatoms. The van der Waals surface area contributed by atoms with E-state index in [0.29, 0.717) is 33.8 Å². The minimum absolute atomic E-state index is 0.164. The van der Waals surface area contributed by atoms with Crippen molar-refractivity contribution in [1.29, 1.82) is 0 Å². The first-order chi connectivity index (χ1) is 15.3. The number of thioether (sulfide) groups is 1. The SMILES string of the molecule is CCn1c(SCC(=O)Nc2ccc(C)c(Cl)c2)nnc1[C@H](C)NC(=O)c1cccc(C)c1. The van der Waals surface area contributed by atoms with Crippen molar-refractivity contribution >= 4 is 40.9 Å². The Morgan fingerprint density at radius 3 is 2.62 bits per heavy atom. The summed E-state index contributed by atoms with van der Waals surface area (Å²) in [6, 6.07) is 12.5. The number of amides is 2. The highest BCUT2D eigenvalue weighted by Crippen LogP contribution is 2.23. The smallest absolute Gasteiger partial charge is 0.251 e. The zero-order valence-corrected chi connectivity index (χ0v) is 20.0. The Morgan fingerprint density at radius 1 is 1.16 bits per heavy atom. The van der Waals surface area contributed by atoms with Crippen LogP contribution in [0.4, 0.5) is 5.69 Å². The van der Waals surface area contributed by atoms with E-state index in [1.165, 1.54) is 11.8 Å². The second-order valence-electron chi connectivity index (χ2n) is 7.45. The zero-order chi connectivity index (χ0) is 23.3. The van der Waals surface area contributed by atoms with Gasteiger partial charge in [0.2, 0.25) is 5.91 Å². The van der Waals surface area contributed by atoms with Gasteiger partial charge in [0.05, 0.1) is 11.8 Å². The van der Waals surface area contributed by atoms with Crippen LogP contribution in [-0.4, -0.2) is 32.3 Å². The lowest BCUT2D eigenvalue weighted by molar-refractivity contribution is -0.113. The number of aryl methyl sites for hydroxylation is 2. The van der Waals surface area contributed by atoms with E-state index in [-0.39, 0.29) is 23.6 Å². The topological polar surface area (TPSA) is 88.9 Å². The molecule has 1 atom stereocenters. The number of hydrogen-bond acceptors (Lipinski definition) is 5. The molecule has 0 fully saturated rings. The number of halogens is 1. The summed E-state index contributed by atoms with van der Waals surface area (Å²) < 4.78 is 1.90. The highest BCUT2D eigenvalue weighted by Gasteiger charge is 2.20. The van der Waals surface area contributed by atoms with Crippen LogP contribution in [0.2, 0.25) is 5.02 Å². The van der Waals surface area contributed by atoms with Crippen LogP contribution in [0.25, 0.3) is 0 Å². The molecule has 1 heterocycles. The maximum absolute atomic E-state index is 12.6. The normalized spacial score (nSPS) is 11.8. The number of hydrogen-bond donors (Lipinski definition) is 2. The molecule has 3 aromatic rings. The van der Waals surface area contributed by atoms with Gasteiger partial charge in [0.15, 0.2) is 11.0 Å². The third-order valence-corrected chi connectivity index (χ3v) is 6.24. The molecule has 2 amide bonds. The van der Waals surface area contributed by atoms with Crippen molar-refractivity contribution in [3.63, 3.8) is 0 Å². The molecule has 7 nitrogen and oxygen atoms in total. The quantitative estimate of drug-likeness (QED) is 0.461. The van der Waals surface area contributed by atoms with E-state index in [2.05, 4.69) is 20.8 Å². The molecule has 168 valence electrons. The van der Waals surface area contributed by atoms with E-state index in [9.17, 15) is 9.59 Å². The minimum atomic E-state index is -0.340. The van der Waals surface area contributed by atoms with Gasteiger partial charge in [0.25, 0.3) is 5.91 Å². The predicted octanol–water partition coefficient (Wildman–Crippen LogP) is 4.79. The molecule has 2 N–H and O–H groups in total. The first-order valence-corrected chi connectivity index (χ1v) is 11.6. The van der Waals surface area contributed by atoms with E-state index >= 15 is 0 Å². The highest BCUT2D eigenvalue weighted by molar-refractivity contribution is 7.99. The summed E-state index contributed by atoms with van der Waals surface area (Å²) in [5.41, 5.74) is 3.22. The van der Waals surface area contributed by atoms with E-state index in [4.69, 9.17) is 11.6 Å². The average Bonchev–Trinajstić information content (AvgIpc) is 3.18. The number of carbonyl (C=O) groups excluding carboxylic acids is 2. The Hall–Kier alpha value is -2.84. The summed E-state index contributed by atoms with van der Waals surface area (Å²) in [5, 5.41) is 15.5. The van der Waals surface area contributed by atoms with Crippen LogP contribution in [0.3, 0.4) is 0 Å². The monoisotopic (exact) mass is 471 g/mol. The third kappa shape index (κ3) is 5.89. The standard InChI is InChI=1S/C23H26ClN5O2S/c1-5-29-21(16(4)25-22(31)17-8-6-7-14(2)11-17)27-28-23(29)32-13-20(30)26-18-10-9-15(3)19(24)12-18/h6-12,16H,5,13H2,1-4H3,(H,25,31)(H,26,30)/t16-/m0/s1. The fraction of sp³-hybridized carbons (Fsp3) is 0.304. The van der Waals surface area contributed by atoms with E-state index in [1.54, 1.807) is 12.1 Å². The maximum Gasteiger partial charge on any atom is 0.251 e. The number of anilines is 1. The second-order valence-corrected chi connectivity index (χ2v) is 8.80. The molecule has 3 rings (SSSR count). The molecule has 1 aromatic heterocycles. The predicted molar refractivity (Wildman–Crippen MR) is 128 cm³/mol. The van der Waals surface area contributed by atoms with Crippen molar-refractivity contribution in [2.75, 3.05) is 11.1 Å². The van der Waals surface area contributed by atoms with Crippen molar-refractivity contribution in [2.45, 2.75) is 45.4 Å². The molecule has 0 spiro atoms. The van der Waals surface area contributed by atoms with E-state index in [1.807, 2.05) is 62.6 Å². The van der Waals surface area contributed by atoms with Gasteiger partial charge in [0.1, 0.15) is 0 Å². The summed E-state index contributed by atoms with van der Waals surface area (Å²) in [6.45, 7) is 8.31. The van der Waals surface area contributed by atoms with Crippen LogP contribution in [0, 0.1) is 13.8 Å². The zero-order valence-electron chi connectivity index (χ0n) is 18.5. The summed E-state index contributed by atoms with van der Waals surface area (Å²) in [4.78, 5) is 24.9. The lowest BCUT2D eigenvalue weighted by atomic mass is 10.1. The Kier molecular flexibility index (Phi) is 7.93. The fourth-order valence-electron chi connectivity index (χ4n) is 3.15. The summed E-state index contributed by atoms with van der Waals surface area (Å²) in [6.07, 6.45) is 0. The Morgan fingerprint density at radius 2 is 1.94 bits per heavy atom. The maximum atomic E-state index is 12.6. The Labute approximate surface area is 197 Å². The van der Waals surface area contributed by atoms with Crippen LogP contribution < -0.4 is 10.6 Å². The lowest BCUT2D eigenvalue weighted by Crippen LogP contribution is -2.28. The fourth-order valence-corrected chi connectivity index (χ4v) is 4.14. The second kappa shape index (κ2) is 10.7. The van der Waals surface area contributed by atoms with Gasteiger partial charge in [-0.25, -0.2) is 0 Å². The van der Waals surface area contributed by atoms with Crippen LogP contribution in [0.15, 0.2) is 47.6 Å². The number of nitrogens with one attached hydrogen (secondary N) is 2. The summed E-state index contributed by atoms with van der Waals surface area (Å²) in [7, 11) is 0. The van der Waals surface area contributed by atoms with Gasteiger partial charge in [-0.05, 0) is 57.5 Å². The van der Waals surface area contributed by atoms with Crippen molar-refractivity contribution in [1.82, 2.24) is 20.1 Å². The molecule has 0 bridgehead atoms. The van der Waals surface area contributed by atoms with Gasteiger partial charge >= 0.3 is 0 Å². The molecular formula is C23H26ClN5O2S. The van der Waals surface area contributed by atoms with Gasteiger partial charge in [-0.1, -0.05) is 47.1 Å². The summed E-state index contributed by atoms with van der Waals surface area (Å²) in [5.74, 6) is 0.482. The molecular weight excluding hydrogens is 446 g/mol. The van der Waals surface area contributed by atoms with E-state index < -0.39 is 0 Å². The van der Waals surface area contributed by atoms with Crippen LogP contribution in [-0.2, 0) is 11.3 Å². The van der Waals surface area contributed by atoms with Crippen LogP contribution >= 0.6 is 23.4 Å². The van der Waals surface area contributed by atoms with Gasteiger partial charge in [-0.2, -0.15) is 0 Å².